The van der Waals surface area contributed by atoms with Crippen molar-refractivity contribution in [1.82, 2.24) is 0 Å². The maximum absolute atomic E-state index is 5.78. The second-order valence-electron chi connectivity index (χ2n) is 5.70. The molecular formula is C15H18INO4. The maximum atomic E-state index is 5.78. The minimum atomic E-state index is 0.288. The molecule has 5 nitrogen and oxygen atoms in total. The summed E-state index contributed by atoms with van der Waals surface area (Å²) in [6, 6.07) is 6.35. The quantitative estimate of drug-likeness (QED) is 0.489. The van der Waals surface area contributed by atoms with Crippen LogP contribution in [0.5, 0.6) is 5.75 Å². The number of ether oxygens (including phenoxy) is 4. The van der Waals surface area contributed by atoms with E-state index in [9.17, 15) is 0 Å². The van der Waals surface area contributed by atoms with Crippen molar-refractivity contribution < 1.29 is 18.9 Å². The van der Waals surface area contributed by atoms with Crippen LogP contribution in [0.3, 0.4) is 0 Å². The fraction of sp³-hybridized carbons (Fsp3) is 0.600. The molecule has 0 N–H and O–H groups in total. The van der Waals surface area contributed by atoms with Gasteiger partial charge in [0, 0.05) is 18.8 Å². The zero-order valence-electron chi connectivity index (χ0n) is 11.7. The van der Waals surface area contributed by atoms with Crippen molar-refractivity contribution in [3.63, 3.8) is 0 Å². The molecule has 3 unspecified atom stereocenters. The van der Waals surface area contributed by atoms with Crippen LogP contribution in [0.2, 0.25) is 0 Å². The van der Waals surface area contributed by atoms with Gasteiger partial charge in [0.2, 0.25) is 0 Å². The molecule has 0 spiro atoms. The van der Waals surface area contributed by atoms with Crippen molar-refractivity contribution in [2.75, 3.05) is 44.4 Å². The van der Waals surface area contributed by atoms with Gasteiger partial charge in [-0.25, -0.2) is 0 Å². The van der Waals surface area contributed by atoms with E-state index in [4.69, 9.17) is 18.9 Å². The predicted octanol–water partition coefficient (Wildman–Crippen LogP) is 1.67. The van der Waals surface area contributed by atoms with Crippen LogP contribution in [0.4, 0.5) is 5.69 Å². The third kappa shape index (κ3) is 4.00. The first kappa shape index (κ1) is 14.0. The van der Waals surface area contributed by atoms with Crippen LogP contribution >= 0.6 is 22.6 Å². The van der Waals surface area contributed by atoms with Crippen molar-refractivity contribution >= 4 is 28.3 Å². The highest BCUT2D eigenvalue weighted by Crippen LogP contribution is 2.29. The summed E-state index contributed by atoms with van der Waals surface area (Å²) in [6.45, 7) is 5.09. The SMILES string of the molecule is Ic1cc(N(CC2CO2)CC2CO2)ccc1OCC1CO1. The highest BCUT2D eigenvalue weighted by Gasteiger charge is 2.31. The Labute approximate surface area is 137 Å². The summed E-state index contributed by atoms with van der Waals surface area (Å²) in [4.78, 5) is 2.35. The standard InChI is InChI=1S/C15H18INO4/c16-14-3-10(1-2-15(14)21-9-13-8-20-13)17(4-11-6-18-11)5-12-7-19-12/h1-3,11-13H,4-9H2. The molecule has 3 saturated heterocycles. The third-order valence-corrected chi connectivity index (χ3v) is 4.60. The van der Waals surface area contributed by atoms with Crippen LogP contribution in [-0.2, 0) is 14.2 Å². The molecule has 1 aromatic rings. The summed E-state index contributed by atoms with van der Waals surface area (Å²) >= 11 is 2.33. The molecule has 0 radical (unpaired) electrons. The third-order valence-electron chi connectivity index (χ3n) is 3.76. The second kappa shape index (κ2) is 5.91. The van der Waals surface area contributed by atoms with Crippen LogP contribution in [0.15, 0.2) is 18.2 Å². The van der Waals surface area contributed by atoms with E-state index in [2.05, 4.69) is 39.6 Å². The van der Waals surface area contributed by atoms with E-state index in [0.717, 1.165) is 42.2 Å². The van der Waals surface area contributed by atoms with Crippen molar-refractivity contribution in [2.45, 2.75) is 18.3 Å². The van der Waals surface area contributed by atoms with E-state index in [0.29, 0.717) is 18.8 Å². The summed E-state index contributed by atoms with van der Waals surface area (Å²) in [5.41, 5.74) is 1.21. The summed E-state index contributed by atoms with van der Waals surface area (Å²) in [7, 11) is 0. The zero-order valence-corrected chi connectivity index (χ0v) is 13.8. The molecule has 0 aromatic heterocycles. The summed E-state index contributed by atoms with van der Waals surface area (Å²) in [5, 5.41) is 0. The van der Waals surface area contributed by atoms with Gasteiger partial charge < -0.3 is 23.8 Å². The van der Waals surface area contributed by atoms with E-state index in [-0.39, 0.29) is 6.10 Å². The minimum Gasteiger partial charge on any atom is -0.490 e. The number of benzene rings is 1. The first-order valence-electron chi connectivity index (χ1n) is 7.30. The van der Waals surface area contributed by atoms with E-state index in [1.807, 2.05) is 6.07 Å². The lowest BCUT2D eigenvalue weighted by Gasteiger charge is -2.24. The molecule has 0 aliphatic carbocycles. The Hall–Kier alpha value is -0.570. The molecule has 3 fully saturated rings. The van der Waals surface area contributed by atoms with Gasteiger partial charge in [0.15, 0.2) is 0 Å². The summed E-state index contributed by atoms with van der Waals surface area (Å²) in [6.07, 6.45) is 1.05. The summed E-state index contributed by atoms with van der Waals surface area (Å²) < 4.78 is 22.8. The molecule has 4 rings (SSSR count). The Balaban J connectivity index is 1.44. The van der Waals surface area contributed by atoms with Gasteiger partial charge in [0.05, 0.1) is 35.6 Å². The topological polar surface area (TPSA) is 50.1 Å². The van der Waals surface area contributed by atoms with Gasteiger partial charge in [0.1, 0.15) is 18.5 Å². The van der Waals surface area contributed by atoms with Gasteiger partial charge >= 0.3 is 0 Å². The van der Waals surface area contributed by atoms with Crippen molar-refractivity contribution in [1.29, 1.82) is 0 Å². The highest BCUT2D eigenvalue weighted by atomic mass is 127. The Bertz CT molecular complexity index is 500. The Kier molecular flexibility index (Phi) is 3.95. The van der Waals surface area contributed by atoms with Crippen LogP contribution in [0.25, 0.3) is 0 Å². The molecule has 0 saturated carbocycles. The average molecular weight is 403 g/mol. The van der Waals surface area contributed by atoms with Crippen molar-refractivity contribution in [3.05, 3.63) is 21.8 Å². The van der Waals surface area contributed by atoms with Gasteiger partial charge in [-0.15, -0.1) is 0 Å². The van der Waals surface area contributed by atoms with Gasteiger partial charge in [0.25, 0.3) is 0 Å². The molecule has 114 valence electrons. The maximum Gasteiger partial charge on any atom is 0.132 e. The zero-order chi connectivity index (χ0) is 14.2. The predicted molar refractivity (Wildman–Crippen MR) is 86.1 cm³/mol. The monoisotopic (exact) mass is 403 g/mol. The van der Waals surface area contributed by atoms with Gasteiger partial charge in [-0.2, -0.15) is 0 Å². The van der Waals surface area contributed by atoms with Crippen molar-refractivity contribution in [2.24, 2.45) is 0 Å². The smallest absolute Gasteiger partial charge is 0.132 e. The van der Waals surface area contributed by atoms with Crippen LogP contribution in [-0.4, -0.2) is 57.8 Å². The first-order chi connectivity index (χ1) is 10.3. The Morgan fingerprint density at radius 1 is 1.05 bits per heavy atom. The molecule has 3 atom stereocenters. The number of epoxide rings is 3. The summed E-state index contributed by atoms with van der Waals surface area (Å²) in [5.74, 6) is 0.931. The minimum absolute atomic E-state index is 0.288. The normalized spacial score (nSPS) is 29.1. The largest absolute Gasteiger partial charge is 0.490 e. The lowest BCUT2D eigenvalue weighted by atomic mass is 10.2. The average Bonchev–Trinajstić information content (AvgIpc) is 3.34. The molecule has 3 aliphatic heterocycles. The van der Waals surface area contributed by atoms with E-state index < -0.39 is 0 Å². The number of hydrogen-bond donors (Lipinski definition) is 0. The lowest BCUT2D eigenvalue weighted by molar-refractivity contribution is 0.261. The van der Waals surface area contributed by atoms with Crippen LogP contribution in [0.1, 0.15) is 0 Å². The molecule has 6 heteroatoms. The molecule has 3 aliphatic rings. The molecule has 3 heterocycles. The van der Waals surface area contributed by atoms with Crippen molar-refractivity contribution in [3.8, 4) is 5.75 Å². The number of anilines is 1. The Morgan fingerprint density at radius 3 is 2.19 bits per heavy atom. The second-order valence-corrected chi connectivity index (χ2v) is 6.86. The highest BCUT2D eigenvalue weighted by molar-refractivity contribution is 14.1. The molecule has 21 heavy (non-hydrogen) atoms. The number of halogens is 1. The van der Waals surface area contributed by atoms with Gasteiger partial charge in [-0.1, -0.05) is 0 Å². The van der Waals surface area contributed by atoms with E-state index >= 15 is 0 Å². The lowest BCUT2D eigenvalue weighted by Crippen LogP contribution is -2.31. The number of hydrogen-bond acceptors (Lipinski definition) is 5. The number of nitrogens with zero attached hydrogens (tertiary/aromatic N) is 1. The van der Waals surface area contributed by atoms with E-state index in [1.165, 1.54) is 5.69 Å². The van der Waals surface area contributed by atoms with Crippen LogP contribution < -0.4 is 9.64 Å². The first-order valence-corrected chi connectivity index (χ1v) is 8.38. The molecular weight excluding hydrogens is 385 g/mol. The van der Waals surface area contributed by atoms with Crippen LogP contribution in [0, 0.1) is 3.57 Å². The number of rotatable bonds is 8. The van der Waals surface area contributed by atoms with Gasteiger partial charge in [-0.3, -0.25) is 0 Å². The fourth-order valence-corrected chi connectivity index (χ4v) is 2.93. The molecule has 0 bridgehead atoms. The Morgan fingerprint density at radius 2 is 1.67 bits per heavy atom. The van der Waals surface area contributed by atoms with Gasteiger partial charge in [-0.05, 0) is 40.8 Å². The fourth-order valence-electron chi connectivity index (χ4n) is 2.27. The van der Waals surface area contributed by atoms with E-state index in [1.54, 1.807) is 0 Å². The molecule has 1 aromatic carbocycles. The molecule has 0 amide bonds.